The highest BCUT2D eigenvalue weighted by Gasteiger charge is 2.15. The lowest BCUT2D eigenvalue weighted by atomic mass is 10.00. The zero-order valence-corrected chi connectivity index (χ0v) is 13.0. The molecule has 1 unspecified atom stereocenters. The minimum atomic E-state index is -0.628. The molecule has 1 heterocycles. The van der Waals surface area contributed by atoms with Gasteiger partial charge in [0.2, 0.25) is 0 Å². The second kappa shape index (κ2) is 5.46. The van der Waals surface area contributed by atoms with Crippen molar-refractivity contribution < 1.29 is 9.84 Å². The number of aromatic nitrogens is 1. The Balaban J connectivity index is 2.58. The quantitative estimate of drug-likeness (QED) is 0.755. The van der Waals surface area contributed by atoms with Gasteiger partial charge in [-0.25, -0.2) is 0 Å². The Morgan fingerprint density at radius 2 is 1.95 bits per heavy atom. The number of fused-ring (bicyclic) bond motifs is 3. The van der Waals surface area contributed by atoms with Crippen molar-refractivity contribution >= 4 is 21.7 Å². The van der Waals surface area contributed by atoms with Gasteiger partial charge in [0.1, 0.15) is 5.75 Å². The first-order valence-corrected chi connectivity index (χ1v) is 7.39. The van der Waals surface area contributed by atoms with Crippen molar-refractivity contribution in [2.75, 3.05) is 7.11 Å². The topological polar surface area (TPSA) is 51.5 Å². The Bertz CT molecular complexity index is 909. The number of para-hydroxylation sites is 1. The van der Waals surface area contributed by atoms with Crippen molar-refractivity contribution in [2.45, 2.75) is 26.5 Å². The Hall–Kier alpha value is -2.33. The second-order valence-electron chi connectivity index (χ2n) is 5.38. The molecule has 0 fully saturated rings. The van der Waals surface area contributed by atoms with Gasteiger partial charge in [-0.2, -0.15) is 0 Å². The Morgan fingerprint density at radius 1 is 1.18 bits per heavy atom. The first kappa shape index (κ1) is 14.6. The van der Waals surface area contributed by atoms with Crippen molar-refractivity contribution in [2.24, 2.45) is 0 Å². The minimum Gasteiger partial charge on any atom is -0.497 e. The molecule has 0 saturated heterocycles. The number of methoxy groups -OCH3 is 1. The molecular formula is C18H19NO3. The zero-order valence-electron chi connectivity index (χ0n) is 13.0. The van der Waals surface area contributed by atoms with Gasteiger partial charge >= 0.3 is 0 Å². The van der Waals surface area contributed by atoms with Gasteiger partial charge in [0.15, 0.2) is 0 Å². The molecule has 0 spiro atoms. The zero-order chi connectivity index (χ0) is 15.9. The van der Waals surface area contributed by atoms with Crippen molar-refractivity contribution in [3.8, 4) is 5.75 Å². The van der Waals surface area contributed by atoms with Gasteiger partial charge in [0.25, 0.3) is 5.56 Å². The molecule has 3 rings (SSSR count). The molecule has 0 aliphatic rings. The molecule has 1 aromatic heterocycles. The number of hydrogen-bond donors (Lipinski definition) is 1. The van der Waals surface area contributed by atoms with E-state index in [0.29, 0.717) is 17.7 Å². The highest BCUT2D eigenvalue weighted by Crippen LogP contribution is 2.30. The molecule has 114 valence electrons. The predicted octanol–water partition coefficient (Wildman–Crippen LogP) is 3.24. The maximum Gasteiger partial charge on any atom is 0.259 e. The van der Waals surface area contributed by atoms with Gasteiger partial charge in [0, 0.05) is 17.5 Å². The molecule has 0 amide bonds. The summed E-state index contributed by atoms with van der Waals surface area (Å²) in [5.74, 6) is 0.665. The van der Waals surface area contributed by atoms with Crippen LogP contribution in [0.3, 0.4) is 0 Å². The van der Waals surface area contributed by atoms with Gasteiger partial charge in [-0.05, 0) is 37.4 Å². The molecule has 2 aromatic carbocycles. The third kappa shape index (κ3) is 2.07. The lowest BCUT2D eigenvalue weighted by molar-refractivity contribution is 0.200. The SMILES string of the molecule is CCn1c(=O)c2cc(OC)ccc2c2cccc(C(C)O)c21. The van der Waals surface area contributed by atoms with Crippen LogP contribution in [-0.4, -0.2) is 16.8 Å². The van der Waals surface area contributed by atoms with E-state index in [1.165, 1.54) is 0 Å². The van der Waals surface area contributed by atoms with E-state index in [1.807, 2.05) is 37.3 Å². The first-order valence-electron chi connectivity index (χ1n) is 7.39. The van der Waals surface area contributed by atoms with Crippen LogP contribution in [0.5, 0.6) is 5.75 Å². The van der Waals surface area contributed by atoms with Crippen LogP contribution >= 0.6 is 0 Å². The number of aryl methyl sites for hydroxylation is 1. The molecule has 0 aliphatic heterocycles. The summed E-state index contributed by atoms with van der Waals surface area (Å²) in [6.07, 6.45) is -0.628. The van der Waals surface area contributed by atoms with E-state index in [1.54, 1.807) is 24.7 Å². The third-order valence-electron chi connectivity index (χ3n) is 4.10. The van der Waals surface area contributed by atoms with Gasteiger partial charge in [-0.15, -0.1) is 0 Å². The highest BCUT2D eigenvalue weighted by molar-refractivity contribution is 6.07. The Kier molecular flexibility index (Phi) is 3.62. The number of rotatable bonds is 3. The van der Waals surface area contributed by atoms with E-state index in [4.69, 9.17) is 4.74 Å². The Labute approximate surface area is 128 Å². The molecule has 3 aromatic rings. The van der Waals surface area contributed by atoms with E-state index >= 15 is 0 Å². The van der Waals surface area contributed by atoms with E-state index in [2.05, 4.69) is 0 Å². The number of pyridine rings is 1. The molecule has 4 heteroatoms. The van der Waals surface area contributed by atoms with Crippen LogP contribution in [-0.2, 0) is 6.54 Å². The van der Waals surface area contributed by atoms with Gasteiger partial charge in [0.05, 0.1) is 24.1 Å². The van der Waals surface area contributed by atoms with Gasteiger partial charge in [-0.3, -0.25) is 4.79 Å². The summed E-state index contributed by atoms with van der Waals surface area (Å²) in [6, 6.07) is 11.3. The van der Waals surface area contributed by atoms with Crippen LogP contribution in [0.1, 0.15) is 25.5 Å². The summed E-state index contributed by atoms with van der Waals surface area (Å²) in [6.45, 7) is 4.20. The van der Waals surface area contributed by atoms with E-state index in [0.717, 1.165) is 21.9 Å². The number of nitrogens with zero attached hydrogens (tertiary/aromatic N) is 1. The Morgan fingerprint density at radius 3 is 2.59 bits per heavy atom. The molecule has 4 nitrogen and oxygen atoms in total. The van der Waals surface area contributed by atoms with Crippen LogP contribution in [0.15, 0.2) is 41.2 Å². The van der Waals surface area contributed by atoms with Crippen LogP contribution in [0, 0.1) is 0 Å². The smallest absolute Gasteiger partial charge is 0.259 e. The molecule has 1 N–H and O–H groups in total. The number of hydrogen-bond acceptors (Lipinski definition) is 3. The number of benzene rings is 2. The van der Waals surface area contributed by atoms with Crippen molar-refractivity contribution in [3.63, 3.8) is 0 Å². The number of ether oxygens (including phenoxy) is 1. The standard InChI is InChI=1S/C18H19NO3/c1-4-19-17-13(11(2)20)6-5-7-15(17)14-9-8-12(22-3)10-16(14)18(19)21/h5-11,20H,4H2,1-3H3. The minimum absolute atomic E-state index is 0.0583. The normalized spacial score (nSPS) is 12.7. The average molecular weight is 297 g/mol. The molecule has 0 radical (unpaired) electrons. The molecular weight excluding hydrogens is 278 g/mol. The molecule has 0 saturated carbocycles. The molecule has 0 bridgehead atoms. The van der Waals surface area contributed by atoms with E-state index < -0.39 is 6.10 Å². The fourth-order valence-corrected chi connectivity index (χ4v) is 3.03. The first-order chi connectivity index (χ1) is 10.6. The second-order valence-corrected chi connectivity index (χ2v) is 5.38. The summed E-state index contributed by atoms with van der Waals surface area (Å²) in [7, 11) is 1.59. The van der Waals surface area contributed by atoms with E-state index in [9.17, 15) is 9.90 Å². The average Bonchev–Trinajstić information content (AvgIpc) is 2.54. The van der Waals surface area contributed by atoms with Crippen LogP contribution < -0.4 is 10.3 Å². The fraction of sp³-hybridized carbons (Fsp3) is 0.278. The summed E-state index contributed by atoms with van der Waals surface area (Å²) in [5.41, 5.74) is 1.52. The largest absolute Gasteiger partial charge is 0.497 e. The van der Waals surface area contributed by atoms with E-state index in [-0.39, 0.29) is 5.56 Å². The number of aliphatic hydroxyl groups excluding tert-OH is 1. The predicted molar refractivity (Wildman–Crippen MR) is 88.6 cm³/mol. The summed E-state index contributed by atoms with van der Waals surface area (Å²) in [4.78, 5) is 12.8. The summed E-state index contributed by atoms with van der Waals surface area (Å²) < 4.78 is 6.96. The lowest BCUT2D eigenvalue weighted by Gasteiger charge is -2.17. The maximum atomic E-state index is 12.8. The van der Waals surface area contributed by atoms with Gasteiger partial charge < -0.3 is 14.4 Å². The molecule has 0 aliphatic carbocycles. The van der Waals surface area contributed by atoms with Crippen LogP contribution in [0.25, 0.3) is 21.7 Å². The third-order valence-corrected chi connectivity index (χ3v) is 4.10. The van der Waals surface area contributed by atoms with Crippen LogP contribution in [0.4, 0.5) is 0 Å². The van der Waals surface area contributed by atoms with Gasteiger partial charge in [-0.1, -0.05) is 18.2 Å². The summed E-state index contributed by atoms with van der Waals surface area (Å²) >= 11 is 0. The van der Waals surface area contributed by atoms with Crippen molar-refractivity contribution in [3.05, 3.63) is 52.3 Å². The molecule has 22 heavy (non-hydrogen) atoms. The van der Waals surface area contributed by atoms with Crippen LogP contribution in [0.2, 0.25) is 0 Å². The fourth-order valence-electron chi connectivity index (χ4n) is 3.03. The van der Waals surface area contributed by atoms with Crippen molar-refractivity contribution in [1.29, 1.82) is 0 Å². The number of aliphatic hydroxyl groups is 1. The maximum absolute atomic E-state index is 12.8. The van der Waals surface area contributed by atoms with Crippen molar-refractivity contribution in [1.82, 2.24) is 4.57 Å². The lowest BCUT2D eigenvalue weighted by Crippen LogP contribution is -2.21. The highest BCUT2D eigenvalue weighted by atomic mass is 16.5. The molecule has 1 atom stereocenters. The summed E-state index contributed by atoms with van der Waals surface area (Å²) in [5, 5.41) is 12.5. The monoisotopic (exact) mass is 297 g/mol.